The van der Waals surface area contributed by atoms with Crippen molar-refractivity contribution in [3.05, 3.63) is 136 Å². The molecule has 5 rings (SSSR count). The highest BCUT2D eigenvalue weighted by atomic mass is 19.1. The second-order valence-electron chi connectivity index (χ2n) is 11.9. The number of aryl methyl sites for hydroxylation is 2. The molecular formula is C40H50F2N4O. The summed E-state index contributed by atoms with van der Waals surface area (Å²) in [6.07, 6.45) is 12.8. The van der Waals surface area contributed by atoms with E-state index < -0.39 is 0 Å². The van der Waals surface area contributed by atoms with Crippen LogP contribution >= 0.6 is 0 Å². The summed E-state index contributed by atoms with van der Waals surface area (Å²) in [5, 5.41) is 3.21. The van der Waals surface area contributed by atoms with Gasteiger partial charge in [0.1, 0.15) is 17.5 Å². The number of likely N-dealkylation sites (tertiary alicyclic amines) is 1. The number of nitrogens with zero attached hydrogens (tertiary/aromatic N) is 3. The predicted octanol–water partition coefficient (Wildman–Crippen LogP) is 9.46. The summed E-state index contributed by atoms with van der Waals surface area (Å²) in [6.45, 7) is 12.9. The van der Waals surface area contributed by atoms with E-state index in [-0.39, 0.29) is 24.0 Å². The Morgan fingerprint density at radius 2 is 1.60 bits per heavy atom. The third-order valence-corrected chi connectivity index (χ3v) is 8.41. The Morgan fingerprint density at radius 3 is 2.21 bits per heavy atom. The zero-order valence-electron chi connectivity index (χ0n) is 28.6. The Labute approximate surface area is 280 Å². The molecule has 5 nitrogen and oxygen atoms in total. The van der Waals surface area contributed by atoms with E-state index in [1.165, 1.54) is 23.5 Å². The molecule has 47 heavy (non-hydrogen) atoms. The number of halogens is 2. The number of benzene rings is 3. The van der Waals surface area contributed by atoms with Gasteiger partial charge in [0, 0.05) is 36.6 Å². The van der Waals surface area contributed by atoms with Crippen molar-refractivity contribution in [2.45, 2.75) is 85.6 Å². The molecule has 1 unspecified atom stereocenters. The molecule has 0 bridgehead atoms. The predicted molar refractivity (Wildman–Crippen MR) is 191 cm³/mol. The number of aliphatic imine (C=N–C) groups is 1. The van der Waals surface area contributed by atoms with Crippen molar-refractivity contribution in [1.29, 1.82) is 0 Å². The maximum absolute atomic E-state index is 14.1. The Balaban J connectivity index is 0.000000479. The molecular weight excluding hydrogens is 590 g/mol. The van der Waals surface area contributed by atoms with Gasteiger partial charge in [0.05, 0.1) is 12.4 Å². The van der Waals surface area contributed by atoms with Gasteiger partial charge in [0.15, 0.2) is 6.23 Å². The Morgan fingerprint density at radius 1 is 0.915 bits per heavy atom. The molecule has 0 radical (unpaired) electrons. The number of rotatable bonds is 11. The number of hydrogen-bond acceptors (Lipinski definition) is 5. The largest absolute Gasteiger partial charge is 0.358 e. The summed E-state index contributed by atoms with van der Waals surface area (Å²) in [5.41, 5.74) is 6.53. The molecule has 1 N–H and O–H groups in total. The zero-order chi connectivity index (χ0) is 33.6. The fraction of sp³-hybridized carbons (Fsp3) is 0.375. The van der Waals surface area contributed by atoms with Crippen molar-refractivity contribution in [2.24, 2.45) is 4.99 Å². The third kappa shape index (κ3) is 10.4. The van der Waals surface area contributed by atoms with Gasteiger partial charge in [-0.15, -0.1) is 0 Å². The maximum atomic E-state index is 14.1. The van der Waals surface area contributed by atoms with Crippen LogP contribution in [0.2, 0.25) is 0 Å². The van der Waals surface area contributed by atoms with Crippen molar-refractivity contribution in [3.8, 4) is 0 Å². The van der Waals surface area contributed by atoms with Crippen LogP contribution in [0.4, 0.5) is 14.5 Å². The molecule has 250 valence electrons. The van der Waals surface area contributed by atoms with Gasteiger partial charge < -0.3 is 19.9 Å². The van der Waals surface area contributed by atoms with Crippen LogP contribution in [-0.2, 0) is 17.7 Å². The Kier molecular flexibility index (Phi) is 13.8. The van der Waals surface area contributed by atoms with E-state index in [1.54, 1.807) is 30.6 Å². The molecule has 2 heterocycles. The first kappa shape index (κ1) is 35.6. The Hall–Kier alpha value is -4.23. The molecule has 2 aliphatic heterocycles. The van der Waals surface area contributed by atoms with Crippen molar-refractivity contribution in [1.82, 2.24) is 10.2 Å². The number of ether oxygens (including phenoxy) is 1. The van der Waals surface area contributed by atoms with E-state index in [9.17, 15) is 8.78 Å². The second kappa shape index (κ2) is 18.2. The highest BCUT2D eigenvalue weighted by Crippen LogP contribution is 2.31. The van der Waals surface area contributed by atoms with Crippen LogP contribution in [0.25, 0.3) is 0 Å². The molecule has 0 aromatic heterocycles. The van der Waals surface area contributed by atoms with E-state index in [1.807, 2.05) is 19.1 Å². The normalized spacial score (nSPS) is 17.0. The molecule has 1 fully saturated rings. The third-order valence-electron chi connectivity index (χ3n) is 8.41. The monoisotopic (exact) mass is 640 g/mol. The highest BCUT2D eigenvalue weighted by molar-refractivity contribution is 5.61. The number of piperidine rings is 1. The van der Waals surface area contributed by atoms with Crippen LogP contribution < -0.4 is 10.2 Å². The van der Waals surface area contributed by atoms with Crippen molar-refractivity contribution in [2.75, 3.05) is 18.0 Å². The number of anilines is 1. The van der Waals surface area contributed by atoms with E-state index in [2.05, 4.69) is 90.3 Å². The van der Waals surface area contributed by atoms with Gasteiger partial charge in [-0.25, -0.2) is 13.8 Å². The minimum Gasteiger partial charge on any atom is -0.358 e. The Bertz CT molecular complexity index is 1560. The van der Waals surface area contributed by atoms with Gasteiger partial charge in [-0.1, -0.05) is 75.4 Å². The lowest BCUT2D eigenvalue weighted by atomic mass is 10.1. The summed E-state index contributed by atoms with van der Waals surface area (Å²) < 4.78 is 33.0. The van der Waals surface area contributed by atoms with Crippen molar-refractivity contribution < 1.29 is 13.5 Å². The SMILES string of the molecule is CC/C=C\C1=C(C)NC=NC1OC1CCN(/C(=C\CC)N(Cc2cccc(F)c2)c2ccccc2C)CC1.CCc1cccc(F)c1. The first-order valence-corrected chi connectivity index (χ1v) is 16.9. The van der Waals surface area contributed by atoms with Crippen LogP contribution in [0.1, 0.15) is 70.1 Å². The van der Waals surface area contributed by atoms with Gasteiger partial charge in [0.25, 0.3) is 0 Å². The van der Waals surface area contributed by atoms with Crippen LogP contribution in [0.5, 0.6) is 0 Å². The number of nitrogens with one attached hydrogen (secondary N) is 1. The number of hydrogen-bond donors (Lipinski definition) is 1. The lowest BCUT2D eigenvalue weighted by molar-refractivity contribution is -0.0188. The molecule has 1 atom stereocenters. The molecule has 0 amide bonds. The first-order valence-electron chi connectivity index (χ1n) is 16.9. The summed E-state index contributed by atoms with van der Waals surface area (Å²) in [7, 11) is 0. The minimum absolute atomic E-state index is 0.141. The molecule has 0 saturated carbocycles. The van der Waals surface area contributed by atoms with E-state index in [0.29, 0.717) is 6.54 Å². The summed E-state index contributed by atoms with van der Waals surface area (Å²) in [6, 6.07) is 22.0. The quantitative estimate of drug-likeness (QED) is 0.227. The summed E-state index contributed by atoms with van der Waals surface area (Å²) in [4.78, 5) is 9.39. The lowest BCUT2D eigenvalue weighted by Gasteiger charge is -2.41. The van der Waals surface area contributed by atoms with E-state index in [0.717, 1.165) is 73.3 Å². The standard InChI is InChI=1S/C32H41FN4O.C8H9F/c1-5-7-15-29-25(4)34-23-35-32(29)38-28-17-19-36(20-18-28)31(11-6-2)37(30-16-9-8-12-24(30)3)22-26-13-10-14-27(33)21-26;1-2-7-4-3-5-8(9)6-7/h7-16,21,23,28,32H,5-6,17-20,22H2,1-4H3,(H,34,35);3-6H,2H2,1H3/b15-7-,31-11+;. The van der Waals surface area contributed by atoms with Gasteiger partial charge in [-0.2, -0.15) is 0 Å². The van der Waals surface area contributed by atoms with Crippen LogP contribution in [0.15, 0.2) is 113 Å². The average Bonchev–Trinajstić information content (AvgIpc) is 3.07. The molecule has 0 spiro atoms. The van der Waals surface area contributed by atoms with E-state index in [4.69, 9.17) is 4.74 Å². The number of para-hydroxylation sites is 1. The summed E-state index contributed by atoms with van der Waals surface area (Å²) >= 11 is 0. The number of allylic oxidation sites excluding steroid dienone is 3. The van der Waals surface area contributed by atoms with Crippen molar-refractivity contribution in [3.63, 3.8) is 0 Å². The topological polar surface area (TPSA) is 40.1 Å². The lowest BCUT2D eigenvalue weighted by Crippen LogP contribution is -2.43. The van der Waals surface area contributed by atoms with Crippen LogP contribution in [0, 0.1) is 18.6 Å². The molecule has 7 heteroatoms. The van der Waals surface area contributed by atoms with Crippen LogP contribution in [0.3, 0.4) is 0 Å². The molecule has 1 saturated heterocycles. The van der Waals surface area contributed by atoms with Crippen LogP contribution in [-0.4, -0.2) is 36.7 Å². The van der Waals surface area contributed by atoms with E-state index >= 15 is 0 Å². The highest BCUT2D eigenvalue weighted by Gasteiger charge is 2.28. The average molecular weight is 641 g/mol. The molecule has 0 aliphatic carbocycles. The molecule has 3 aromatic rings. The summed E-state index contributed by atoms with van der Waals surface area (Å²) in [5.74, 6) is 0.824. The van der Waals surface area contributed by atoms with Gasteiger partial charge in [-0.3, -0.25) is 0 Å². The minimum atomic E-state index is -0.266. The van der Waals surface area contributed by atoms with Gasteiger partial charge in [-0.05, 0) is 99.0 Å². The van der Waals surface area contributed by atoms with Gasteiger partial charge >= 0.3 is 0 Å². The zero-order valence-corrected chi connectivity index (χ0v) is 28.6. The van der Waals surface area contributed by atoms with Gasteiger partial charge in [0.2, 0.25) is 0 Å². The maximum Gasteiger partial charge on any atom is 0.177 e. The first-order chi connectivity index (χ1) is 22.8. The smallest absolute Gasteiger partial charge is 0.177 e. The van der Waals surface area contributed by atoms with Crippen molar-refractivity contribution >= 4 is 12.0 Å². The second-order valence-corrected chi connectivity index (χ2v) is 11.9. The molecule has 3 aromatic carbocycles. The fourth-order valence-electron chi connectivity index (χ4n) is 5.84. The molecule has 2 aliphatic rings. The fourth-order valence-corrected chi connectivity index (χ4v) is 5.84.